The van der Waals surface area contributed by atoms with E-state index in [1.807, 2.05) is 42.5 Å². The number of nitrogens with one attached hydrogen (secondary N) is 1. The Morgan fingerprint density at radius 2 is 1.93 bits per heavy atom. The zero-order chi connectivity index (χ0) is 20.5. The maximum absolute atomic E-state index is 12.7. The van der Waals surface area contributed by atoms with Crippen LogP contribution in [0.4, 0.5) is 10.5 Å². The number of hydrogen-bond acceptors (Lipinski definition) is 5. The smallest absolute Gasteiger partial charge is 0.327 e. The van der Waals surface area contributed by atoms with Crippen molar-refractivity contribution in [1.29, 1.82) is 0 Å². The molecule has 2 unspecified atom stereocenters. The van der Waals surface area contributed by atoms with Crippen molar-refractivity contribution in [3.05, 3.63) is 54.9 Å². The fourth-order valence-corrected chi connectivity index (χ4v) is 4.68. The van der Waals surface area contributed by atoms with Crippen LogP contribution in [0.15, 0.2) is 54.9 Å². The van der Waals surface area contributed by atoms with E-state index in [1.165, 1.54) is 12.8 Å². The lowest BCUT2D eigenvalue weighted by molar-refractivity contribution is 0.125. The second-order valence-corrected chi connectivity index (χ2v) is 8.13. The number of ether oxygens (including phenoxy) is 1. The third-order valence-corrected chi connectivity index (χ3v) is 6.28. The fraction of sp³-hybridized carbons (Fsp3) is 0.391. The minimum absolute atomic E-state index is 0.189. The van der Waals surface area contributed by atoms with E-state index in [0.29, 0.717) is 25.2 Å². The SMILES string of the molecule is CN1CC2CCC1CN2c1cccc2c1ncn2C(=O)NCCOc1ccccc1. The lowest BCUT2D eigenvalue weighted by atomic mass is 9.90. The van der Waals surface area contributed by atoms with Gasteiger partial charge in [-0.1, -0.05) is 24.3 Å². The summed E-state index contributed by atoms with van der Waals surface area (Å²) in [4.78, 5) is 22.3. The average molecular weight is 406 g/mol. The van der Waals surface area contributed by atoms with Crippen LogP contribution < -0.4 is 15.0 Å². The highest BCUT2D eigenvalue weighted by molar-refractivity contribution is 5.95. The van der Waals surface area contributed by atoms with Gasteiger partial charge in [0.05, 0.1) is 17.7 Å². The molecule has 7 heteroatoms. The monoisotopic (exact) mass is 405 g/mol. The van der Waals surface area contributed by atoms with Crippen LogP contribution in [0.5, 0.6) is 5.75 Å². The summed E-state index contributed by atoms with van der Waals surface area (Å²) < 4.78 is 7.24. The molecule has 156 valence electrons. The van der Waals surface area contributed by atoms with Gasteiger partial charge in [-0.3, -0.25) is 9.47 Å². The summed E-state index contributed by atoms with van der Waals surface area (Å²) in [5.74, 6) is 0.797. The predicted octanol–water partition coefficient (Wildman–Crippen LogP) is 2.96. The number of carbonyl (C=O) groups excluding carboxylic acids is 1. The lowest BCUT2D eigenvalue weighted by Crippen LogP contribution is -2.61. The van der Waals surface area contributed by atoms with Gasteiger partial charge in [0.2, 0.25) is 0 Å². The number of likely N-dealkylation sites (N-methyl/N-ethyl adjacent to an activating group) is 1. The first-order valence-corrected chi connectivity index (χ1v) is 10.6. The molecule has 1 N–H and O–H groups in total. The van der Waals surface area contributed by atoms with Gasteiger partial charge in [-0.25, -0.2) is 9.78 Å². The molecule has 2 aromatic carbocycles. The van der Waals surface area contributed by atoms with E-state index in [1.54, 1.807) is 10.9 Å². The zero-order valence-corrected chi connectivity index (χ0v) is 17.2. The van der Waals surface area contributed by atoms with Gasteiger partial charge in [0.15, 0.2) is 0 Å². The Morgan fingerprint density at radius 1 is 1.10 bits per heavy atom. The first-order valence-electron chi connectivity index (χ1n) is 10.6. The molecule has 3 fully saturated rings. The van der Waals surface area contributed by atoms with Crippen molar-refractivity contribution in [3.8, 4) is 5.75 Å². The number of hydrogen-bond donors (Lipinski definition) is 1. The standard InChI is InChI=1S/C23H27N5O2/c1-26-14-18-11-10-17(26)15-27(18)20-8-5-9-21-22(20)25-16-28(21)23(29)24-12-13-30-19-6-3-2-4-7-19/h2-9,16-18H,10-15H2,1H3,(H,24,29). The van der Waals surface area contributed by atoms with E-state index in [2.05, 4.69) is 33.2 Å². The molecule has 6 rings (SSSR count). The van der Waals surface area contributed by atoms with Gasteiger partial charge < -0.3 is 15.0 Å². The quantitative estimate of drug-likeness (QED) is 0.662. The number of imidazole rings is 1. The first-order chi connectivity index (χ1) is 14.7. The summed E-state index contributed by atoms with van der Waals surface area (Å²) in [7, 11) is 2.22. The Balaban J connectivity index is 1.28. The van der Waals surface area contributed by atoms with Gasteiger partial charge in [-0.15, -0.1) is 0 Å². The van der Waals surface area contributed by atoms with Crippen LogP contribution in [0, 0.1) is 0 Å². The molecule has 3 aliphatic heterocycles. The van der Waals surface area contributed by atoms with Crippen LogP contribution in [0.1, 0.15) is 12.8 Å². The fourth-order valence-electron chi connectivity index (χ4n) is 4.68. The second-order valence-electron chi connectivity index (χ2n) is 8.13. The molecule has 3 aromatic rings. The van der Waals surface area contributed by atoms with Gasteiger partial charge in [-0.2, -0.15) is 0 Å². The molecule has 0 spiro atoms. The average Bonchev–Trinajstić information content (AvgIpc) is 3.22. The molecular formula is C23H27N5O2. The third kappa shape index (κ3) is 3.50. The molecule has 0 aliphatic carbocycles. The van der Waals surface area contributed by atoms with Gasteiger partial charge in [0.1, 0.15) is 24.2 Å². The summed E-state index contributed by atoms with van der Waals surface area (Å²) in [6, 6.07) is 16.6. The summed E-state index contributed by atoms with van der Waals surface area (Å²) in [6.07, 6.45) is 4.10. The van der Waals surface area contributed by atoms with E-state index in [9.17, 15) is 4.79 Å². The Hall–Kier alpha value is -3.06. The Bertz CT molecular complexity index is 1030. The zero-order valence-electron chi connectivity index (χ0n) is 17.2. The number of piperazine rings is 1. The maximum atomic E-state index is 12.7. The van der Waals surface area contributed by atoms with Gasteiger partial charge in [0, 0.05) is 25.2 Å². The van der Waals surface area contributed by atoms with E-state index >= 15 is 0 Å². The Labute approximate surface area is 176 Å². The van der Waals surface area contributed by atoms with Crippen molar-refractivity contribution >= 4 is 22.8 Å². The van der Waals surface area contributed by atoms with Crippen molar-refractivity contribution < 1.29 is 9.53 Å². The van der Waals surface area contributed by atoms with Crippen LogP contribution >= 0.6 is 0 Å². The number of fused-ring (bicyclic) bond motifs is 4. The number of benzene rings is 2. The summed E-state index contributed by atoms with van der Waals surface area (Å²) >= 11 is 0. The number of rotatable bonds is 5. The summed E-state index contributed by atoms with van der Waals surface area (Å²) in [5, 5.41) is 2.92. The Morgan fingerprint density at radius 3 is 2.70 bits per heavy atom. The molecule has 0 radical (unpaired) electrons. The van der Waals surface area contributed by atoms with E-state index in [0.717, 1.165) is 35.6 Å². The van der Waals surface area contributed by atoms with Crippen LogP contribution in [0.2, 0.25) is 0 Å². The molecule has 7 nitrogen and oxygen atoms in total. The maximum Gasteiger partial charge on any atom is 0.327 e. The van der Waals surface area contributed by atoms with Crippen molar-refractivity contribution in [2.75, 3.05) is 38.2 Å². The highest BCUT2D eigenvalue weighted by Crippen LogP contribution is 2.35. The minimum atomic E-state index is -0.189. The molecular weight excluding hydrogens is 378 g/mol. The van der Waals surface area contributed by atoms with E-state index in [4.69, 9.17) is 4.74 Å². The van der Waals surface area contributed by atoms with Gasteiger partial charge in [0.25, 0.3) is 0 Å². The van der Waals surface area contributed by atoms with Crippen molar-refractivity contribution in [1.82, 2.24) is 19.8 Å². The van der Waals surface area contributed by atoms with Gasteiger partial charge >= 0.3 is 6.03 Å². The van der Waals surface area contributed by atoms with Crippen molar-refractivity contribution in [2.24, 2.45) is 0 Å². The normalized spacial score (nSPS) is 21.2. The molecule has 3 saturated heterocycles. The number of nitrogens with zero attached hydrogens (tertiary/aromatic N) is 4. The predicted molar refractivity (Wildman–Crippen MR) is 117 cm³/mol. The molecule has 30 heavy (non-hydrogen) atoms. The molecule has 0 saturated carbocycles. The minimum Gasteiger partial charge on any atom is -0.492 e. The summed E-state index contributed by atoms with van der Waals surface area (Å²) in [5.41, 5.74) is 2.86. The summed E-state index contributed by atoms with van der Waals surface area (Å²) in [6.45, 7) is 2.95. The molecule has 2 bridgehead atoms. The molecule has 4 heterocycles. The van der Waals surface area contributed by atoms with E-state index in [-0.39, 0.29) is 6.03 Å². The first kappa shape index (κ1) is 18.9. The highest BCUT2D eigenvalue weighted by Gasteiger charge is 2.37. The number of aromatic nitrogens is 2. The largest absolute Gasteiger partial charge is 0.492 e. The molecule has 2 atom stereocenters. The molecule has 1 amide bonds. The number of anilines is 1. The van der Waals surface area contributed by atoms with E-state index < -0.39 is 0 Å². The van der Waals surface area contributed by atoms with Crippen molar-refractivity contribution in [3.63, 3.8) is 0 Å². The van der Waals surface area contributed by atoms with Crippen LogP contribution in [0.25, 0.3) is 11.0 Å². The second kappa shape index (κ2) is 7.99. The lowest BCUT2D eigenvalue weighted by Gasteiger charge is -2.51. The van der Waals surface area contributed by atoms with Crippen LogP contribution in [0.3, 0.4) is 0 Å². The van der Waals surface area contributed by atoms with Gasteiger partial charge in [-0.05, 0) is 44.2 Å². The molecule has 3 aliphatic rings. The number of carbonyl (C=O) groups is 1. The Kier molecular flexibility index (Phi) is 5.04. The van der Waals surface area contributed by atoms with Crippen LogP contribution in [-0.2, 0) is 0 Å². The number of piperidine rings is 2. The number of amides is 1. The van der Waals surface area contributed by atoms with Crippen molar-refractivity contribution in [2.45, 2.75) is 24.9 Å². The topological polar surface area (TPSA) is 62.6 Å². The number of para-hydroxylation sites is 2. The third-order valence-electron chi connectivity index (χ3n) is 6.28. The molecule has 1 aromatic heterocycles. The highest BCUT2D eigenvalue weighted by atomic mass is 16.5. The van der Waals surface area contributed by atoms with Crippen LogP contribution in [-0.4, -0.2) is 65.9 Å².